The molecular formula is C25H17ClN2OS. The number of ether oxygens (including phenoxy) is 1. The van der Waals surface area contributed by atoms with Crippen molar-refractivity contribution >= 4 is 33.2 Å². The van der Waals surface area contributed by atoms with Gasteiger partial charge in [0.2, 0.25) is 5.88 Å². The predicted octanol–water partition coefficient (Wildman–Crippen LogP) is 7.39. The van der Waals surface area contributed by atoms with Gasteiger partial charge in [-0.15, -0.1) is 11.3 Å². The third kappa shape index (κ3) is 3.92. The summed E-state index contributed by atoms with van der Waals surface area (Å²) in [6, 6.07) is 26.4. The summed E-state index contributed by atoms with van der Waals surface area (Å²) in [6.07, 6.45) is 2.44. The van der Waals surface area contributed by atoms with Crippen molar-refractivity contribution in [3.63, 3.8) is 0 Å². The summed E-state index contributed by atoms with van der Waals surface area (Å²) in [4.78, 5) is 9.72. The summed E-state index contributed by atoms with van der Waals surface area (Å²) in [5.41, 5.74) is 4.62. The van der Waals surface area contributed by atoms with E-state index in [1.807, 2.05) is 42.5 Å². The lowest BCUT2D eigenvalue weighted by atomic mass is 10.1. The number of rotatable bonds is 5. The zero-order valence-electron chi connectivity index (χ0n) is 16.0. The number of benzene rings is 3. The van der Waals surface area contributed by atoms with Crippen LogP contribution in [0, 0.1) is 0 Å². The second kappa shape index (κ2) is 8.27. The molecule has 0 spiro atoms. The number of fused-ring (bicyclic) bond motifs is 1. The van der Waals surface area contributed by atoms with E-state index in [1.165, 1.54) is 11.1 Å². The molecule has 5 rings (SSSR count). The van der Waals surface area contributed by atoms with Gasteiger partial charge in [-0.1, -0.05) is 66.2 Å². The lowest BCUT2D eigenvalue weighted by molar-refractivity contribution is 0.468. The maximum Gasteiger partial charge on any atom is 0.231 e. The second-order valence-corrected chi connectivity index (χ2v) is 8.22. The van der Waals surface area contributed by atoms with E-state index in [0.29, 0.717) is 10.9 Å². The monoisotopic (exact) mass is 428 g/mol. The highest BCUT2D eigenvalue weighted by molar-refractivity contribution is 7.17. The Bertz CT molecular complexity index is 1280. The fraction of sp³-hybridized carbons (Fsp3) is 0.0400. The van der Waals surface area contributed by atoms with Crippen molar-refractivity contribution in [1.29, 1.82) is 0 Å². The molecule has 0 atom stereocenters. The largest absolute Gasteiger partial charge is 0.438 e. The van der Waals surface area contributed by atoms with Crippen LogP contribution >= 0.6 is 22.9 Å². The molecule has 30 heavy (non-hydrogen) atoms. The Hall–Kier alpha value is -3.21. The molecule has 2 aromatic heterocycles. The molecule has 2 heterocycles. The van der Waals surface area contributed by atoms with E-state index in [2.05, 4.69) is 51.7 Å². The van der Waals surface area contributed by atoms with E-state index in [1.54, 1.807) is 17.7 Å². The number of hydrogen-bond donors (Lipinski definition) is 0. The van der Waals surface area contributed by atoms with Crippen LogP contribution in [0.1, 0.15) is 11.1 Å². The molecule has 0 bridgehead atoms. The molecule has 0 radical (unpaired) electrons. The highest BCUT2D eigenvalue weighted by Crippen LogP contribution is 2.39. The Morgan fingerprint density at radius 1 is 0.800 bits per heavy atom. The van der Waals surface area contributed by atoms with Crippen LogP contribution in [0.2, 0.25) is 5.02 Å². The zero-order chi connectivity index (χ0) is 20.3. The van der Waals surface area contributed by atoms with Gasteiger partial charge in [0.05, 0.1) is 5.39 Å². The Morgan fingerprint density at radius 2 is 1.53 bits per heavy atom. The van der Waals surface area contributed by atoms with Crippen LogP contribution in [0.5, 0.6) is 11.6 Å². The molecule has 0 aliphatic rings. The molecule has 0 saturated carbocycles. The van der Waals surface area contributed by atoms with Gasteiger partial charge in [0.15, 0.2) is 0 Å². The molecule has 3 aromatic carbocycles. The molecule has 0 saturated heterocycles. The fourth-order valence-electron chi connectivity index (χ4n) is 3.39. The number of thiophene rings is 1. The third-order valence-electron chi connectivity index (χ3n) is 4.88. The maximum absolute atomic E-state index is 6.17. The van der Waals surface area contributed by atoms with Crippen LogP contribution in [-0.2, 0) is 6.42 Å². The smallest absolute Gasteiger partial charge is 0.231 e. The molecule has 3 nitrogen and oxygen atoms in total. The number of aromatic nitrogens is 2. The summed E-state index contributed by atoms with van der Waals surface area (Å²) in [6.45, 7) is 0. The van der Waals surface area contributed by atoms with Gasteiger partial charge in [-0.25, -0.2) is 9.97 Å². The van der Waals surface area contributed by atoms with Gasteiger partial charge in [0.25, 0.3) is 0 Å². The number of hydrogen-bond acceptors (Lipinski definition) is 4. The van der Waals surface area contributed by atoms with Crippen LogP contribution in [0.4, 0.5) is 0 Å². The van der Waals surface area contributed by atoms with Gasteiger partial charge in [-0.2, -0.15) is 0 Å². The molecule has 5 aromatic rings. The molecule has 0 unspecified atom stereocenters. The fourth-order valence-corrected chi connectivity index (χ4v) is 4.42. The van der Waals surface area contributed by atoms with Gasteiger partial charge in [-0.05, 0) is 47.4 Å². The van der Waals surface area contributed by atoms with Crippen molar-refractivity contribution in [2.24, 2.45) is 0 Å². The van der Waals surface area contributed by atoms with E-state index in [0.717, 1.165) is 33.5 Å². The van der Waals surface area contributed by atoms with Gasteiger partial charge >= 0.3 is 0 Å². The van der Waals surface area contributed by atoms with E-state index >= 15 is 0 Å². The minimum atomic E-state index is 0.557. The molecule has 0 aliphatic carbocycles. The predicted molar refractivity (Wildman–Crippen MR) is 124 cm³/mol. The second-order valence-electron chi connectivity index (χ2n) is 6.92. The summed E-state index contributed by atoms with van der Waals surface area (Å²) in [5, 5.41) is 3.71. The first-order valence-electron chi connectivity index (χ1n) is 9.55. The van der Waals surface area contributed by atoms with Gasteiger partial charge in [-0.3, -0.25) is 0 Å². The minimum absolute atomic E-state index is 0.557. The van der Waals surface area contributed by atoms with Crippen molar-refractivity contribution in [2.75, 3.05) is 0 Å². The Labute approximate surface area is 183 Å². The van der Waals surface area contributed by atoms with Crippen molar-refractivity contribution in [3.8, 4) is 22.8 Å². The minimum Gasteiger partial charge on any atom is -0.438 e. The van der Waals surface area contributed by atoms with E-state index in [4.69, 9.17) is 16.3 Å². The van der Waals surface area contributed by atoms with Crippen LogP contribution in [-0.4, -0.2) is 9.97 Å². The Balaban J connectivity index is 1.44. The number of halogens is 1. The summed E-state index contributed by atoms with van der Waals surface area (Å²) < 4.78 is 6.17. The summed E-state index contributed by atoms with van der Waals surface area (Å²) in [7, 11) is 0. The van der Waals surface area contributed by atoms with Crippen LogP contribution in [0.15, 0.2) is 90.6 Å². The normalized spacial score (nSPS) is 11.0. The van der Waals surface area contributed by atoms with E-state index in [-0.39, 0.29) is 0 Å². The molecule has 146 valence electrons. The van der Waals surface area contributed by atoms with Crippen molar-refractivity contribution < 1.29 is 4.74 Å². The molecule has 0 amide bonds. The highest BCUT2D eigenvalue weighted by Gasteiger charge is 2.15. The quantitative estimate of drug-likeness (QED) is 0.292. The van der Waals surface area contributed by atoms with Crippen LogP contribution in [0.3, 0.4) is 0 Å². The zero-order valence-corrected chi connectivity index (χ0v) is 17.5. The van der Waals surface area contributed by atoms with Gasteiger partial charge in [0.1, 0.15) is 16.9 Å². The lowest BCUT2D eigenvalue weighted by Crippen LogP contribution is -1.92. The molecule has 0 fully saturated rings. The summed E-state index contributed by atoms with van der Waals surface area (Å²) >= 11 is 7.62. The first-order valence-corrected chi connectivity index (χ1v) is 10.8. The van der Waals surface area contributed by atoms with Crippen LogP contribution in [0.25, 0.3) is 21.3 Å². The topological polar surface area (TPSA) is 35.0 Å². The third-order valence-corrected chi connectivity index (χ3v) is 6.02. The molecule has 5 heteroatoms. The molecular weight excluding hydrogens is 412 g/mol. The molecule has 0 N–H and O–H groups in total. The standard InChI is InChI=1S/C25H17ClN2OS/c26-20-10-8-19(9-11-20)22-15-30-25-23(22)24(27-16-28-25)29-21-12-6-18(7-13-21)14-17-4-2-1-3-5-17/h1-13,15-16H,14H2. The van der Waals surface area contributed by atoms with Crippen molar-refractivity contribution in [3.05, 3.63) is 107 Å². The Morgan fingerprint density at radius 3 is 2.30 bits per heavy atom. The van der Waals surface area contributed by atoms with Gasteiger partial charge < -0.3 is 4.74 Å². The average Bonchev–Trinajstić information content (AvgIpc) is 3.22. The Kier molecular flexibility index (Phi) is 5.18. The average molecular weight is 429 g/mol. The number of nitrogens with zero attached hydrogens (tertiary/aromatic N) is 2. The lowest BCUT2D eigenvalue weighted by Gasteiger charge is -2.09. The maximum atomic E-state index is 6.17. The van der Waals surface area contributed by atoms with E-state index in [9.17, 15) is 0 Å². The van der Waals surface area contributed by atoms with Crippen molar-refractivity contribution in [2.45, 2.75) is 6.42 Å². The first-order chi connectivity index (χ1) is 14.8. The van der Waals surface area contributed by atoms with Gasteiger partial charge in [0, 0.05) is 16.0 Å². The first kappa shape index (κ1) is 18.8. The van der Waals surface area contributed by atoms with E-state index < -0.39 is 0 Å². The molecule has 0 aliphatic heterocycles. The highest BCUT2D eigenvalue weighted by atomic mass is 35.5. The van der Waals surface area contributed by atoms with Crippen molar-refractivity contribution in [1.82, 2.24) is 9.97 Å². The van der Waals surface area contributed by atoms with Crippen LogP contribution < -0.4 is 4.74 Å². The summed E-state index contributed by atoms with van der Waals surface area (Å²) in [5.74, 6) is 1.31. The SMILES string of the molecule is Clc1ccc(-c2csc3ncnc(Oc4ccc(Cc5ccccc5)cc4)c23)cc1.